The standard InChI is InChI=1S/C30H39N5O5/c1-30(2,3)25(34-29(40)32-20-12-13-20)28(39)35-16-18-15-21(18)23(35)26(37)33-22(14-17-8-7-9-17)24(36)27(38)31-19-10-5-4-6-11-19/h4-6,10-13,17-18,20-23,25H,7-9,14-16H2,1-3H3,(H,31,38)(H,33,37)(H2,32,34,40)/t18-,21-,22?,23-,25+/m0/s1. The number of benzene rings is 1. The molecule has 0 radical (unpaired) electrons. The van der Waals surface area contributed by atoms with Crippen LogP contribution < -0.4 is 21.3 Å². The van der Waals surface area contributed by atoms with E-state index in [9.17, 15) is 24.0 Å². The number of nitrogens with one attached hydrogen (secondary N) is 4. The second-order valence-corrected chi connectivity index (χ2v) is 12.7. The van der Waals surface area contributed by atoms with Crippen LogP contribution in [0, 0.1) is 23.2 Å². The van der Waals surface area contributed by atoms with E-state index in [2.05, 4.69) is 21.3 Å². The number of anilines is 1. The Labute approximate surface area is 234 Å². The second-order valence-electron chi connectivity index (χ2n) is 12.7. The van der Waals surface area contributed by atoms with Gasteiger partial charge in [0, 0.05) is 12.2 Å². The number of rotatable bonds is 10. The van der Waals surface area contributed by atoms with Crippen LogP contribution in [-0.2, 0) is 19.2 Å². The smallest absolute Gasteiger partial charge is 0.316 e. The van der Waals surface area contributed by atoms with E-state index < -0.39 is 47.2 Å². The number of piperidine rings is 1. The van der Waals surface area contributed by atoms with Gasteiger partial charge in [-0.1, -0.05) is 70.4 Å². The largest absolute Gasteiger partial charge is 0.344 e. The molecule has 4 aliphatic rings. The quantitative estimate of drug-likeness (QED) is 0.262. The fraction of sp³-hybridized carbons (Fsp3) is 0.567. The maximum Gasteiger partial charge on any atom is 0.316 e. The Morgan fingerprint density at radius 1 is 1.00 bits per heavy atom. The molecule has 40 heavy (non-hydrogen) atoms. The first-order valence-corrected chi connectivity index (χ1v) is 14.3. The Hall–Kier alpha value is -3.69. The predicted molar refractivity (Wildman–Crippen MR) is 149 cm³/mol. The molecule has 10 heteroatoms. The summed E-state index contributed by atoms with van der Waals surface area (Å²) in [7, 11) is 0. The van der Waals surface area contributed by atoms with Crippen molar-refractivity contribution < 1.29 is 24.0 Å². The molecule has 1 aliphatic heterocycles. The molecule has 1 aromatic rings. The van der Waals surface area contributed by atoms with Gasteiger partial charge in [-0.05, 0) is 48.1 Å². The van der Waals surface area contributed by atoms with Gasteiger partial charge in [0.15, 0.2) is 0 Å². The maximum absolute atomic E-state index is 13.8. The lowest BCUT2D eigenvalue weighted by molar-refractivity contribution is -0.144. The highest BCUT2D eigenvalue weighted by Crippen LogP contribution is 2.50. The number of ketones is 1. The molecule has 1 heterocycles. The molecule has 3 fully saturated rings. The van der Waals surface area contributed by atoms with Crippen LogP contribution in [0.1, 0.15) is 52.9 Å². The van der Waals surface area contributed by atoms with Crippen molar-refractivity contribution in [3.05, 3.63) is 42.5 Å². The normalized spacial score (nSPS) is 24.7. The number of carbonyl (C=O) groups excluding carboxylic acids is 5. The summed E-state index contributed by atoms with van der Waals surface area (Å²) in [6.45, 7) is 6.04. The van der Waals surface area contributed by atoms with E-state index in [1.807, 2.05) is 39.0 Å². The SMILES string of the molecule is CC(C)(C)[C@H](NC(=O)NC1C=C1)C(=O)N1C[C@@H]2C[C@@H]2[C@H]1C(=O)NC(CC1CCC1)C(=O)C(=O)Nc1ccccc1. The zero-order chi connectivity index (χ0) is 28.6. The Morgan fingerprint density at radius 2 is 1.70 bits per heavy atom. The fourth-order valence-electron chi connectivity index (χ4n) is 5.74. The molecule has 5 amide bonds. The summed E-state index contributed by atoms with van der Waals surface area (Å²) in [6, 6.07) is 5.63. The summed E-state index contributed by atoms with van der Waals surface area (Å²) < 4.78 is 0. The first-order valence-electron chi connectivity index (χ1n) is 14.3. The molecular weight excluding hydrogens is 510 g/mol. The molecule has 0 bridgehead atoms. The van der Waals surface area contributed by atoms with E-state index >= 15 is 0 Å². The lowest BCUT2D eigenvalue weighted by Gasteiger charge is -2.37. The third-order valence-corrected chi connectivity index (χ3v) is 8.45. The van der Waals surface area contributed by atoms with Crippen molar-refractivity contribution in [1.29, 1.82) is 0 Å². The Bertz CT molecular complexity index is 1200. The highest BCUT2D eigenvalue weighted by molar-refractivity contribution is 6.42. The van der Waals surface area contributed by atoms with Crippen LogP contribution in [0.3, 0.4) is 0 Å². The molecule has 10 nitrogen and oxygen atoms in total. The number of para-hydroxylation sites is 1. The molecule has 1 aromatic carbocycles. The van der Waals surface area contributed by atoms with Crippen molar-refractivity contribution in [1.82, 2.24) is 20.9 Å². The number of hydrogen-bond acceptors (Lipinski definition) is 5. The highest BCUT2D eigenvalue weighted by atomic mass is 16.2. The lowest BCUT2D eigenvalue weighted by Crippen LogP contribution is -2.61. The number of likely N-dealkylation sites (tertiary alicyclic amines) is 1. The number of Topliss-reactive ketones (excluding diaryl/α,β-unsaturated/α-hetero) is 1. The van der Waals surface area contributed by atoms with Crippen molar-refractivity contribution in [2.24, 2.45) is 23.2 Å². The summed E-state index contributed by atoms with van der Waals surface area (Å²) >= 11 is 0. The van der Waals surface area contributed by atoms with Crippen molar-refractivity contribution in [2.75, 3.05) is 11.9 Å². The average molecular weight is 550 g/mol. The number of amides is 5. The van der Waals surface area contributed by atoms with Gasteiger partial charge in [-0.25, -0.2) is 4.79 Å². The number of urea groups is 1. The summed E-state index contributed by atoms with van der Waals surface area (Å²) in [6.07, 6.45) is 7.87. The number of fused-ring (bicyclic) bond motifs is 1. The molecule has 4 N–H and O–H groups in total. The minimum Gasteiger partial charge on any atom is -0.344 e. The molecule has 3 aliphatic carbocycles. The van der Waals surface area contributed by atoms with E-state index in [-0.39, 0.29) is 29.7 Å². The van der Waals surface area contributed by atoms with Crippen molar-refractivity contribution in [3.8, 4) is 0 Å². The van der Waals surface area contributed by atoms with Crippen LogP contribution in [0.4, 0.5) is 10.5 Å². The Morgan fingerprint density at radius 3 is 2.30 bits per heavy atom. The zero-order valence-electron chi connectivity index (χ0n) is 23.3. The van der Waals surface area contributed by atoms with Crippen LogP contribution in [0.25, 0.3) is 0 Å². The van der Waals surface area contributed by atoms with E-state index in [1.54, 1.807) is 29.2 Å². The van der Waals surface area contributed by atoms with Crippen LogP contribution in [0.15, 0.2) is 42.5 Å². The minimum absolute atomic E-state index is 0.00617. The summed E-state index contributed by atoms with van der Waals surface area (Å²) in [5, 5.41) is 11.1. The number of carbonyl (C=O) groups is 5. The van der Waals surface area contributed by atoms with Crippen LogP contribution >= 0.6 is 0 Å². The van der Waals surface area contributed by atoms with E-state index in [0.717, 1.165) is 25.7 Å². The van der Waals surface area contributed by atoms with Gasteiger partial charge < -0.3 is 26.2 Å². The van der Waals surface area contributed by atoms with Gasteiger partial charge in [0.25, 0.3) is 5.91 Å². The molecule has 5 atom stereocenters. The summed E-state index contributed by atoms with van der Waals surface area (Å²) in [5.41, 5.74) is -0.0949. The molecule has 214 valence electrons. The minimum atomic E-state index is -0.968. The molecule has 1 unspecified atom stereocenters. The first-order chi connectivity index (χ1) is 19.0. The third kappa shape index (κ3) is 6.37. The van der Waals surface area contributed by atoms with Crippen LogP contribution in [0.5, 0.6) is 0 Å². The zero-order valence-corrected chi connectivity index (χ0v) is 23.3. The molecule has 1 saturated heterocycles. The van der Waals surface area contributed by atoms with Crippen LogP contribution in [0.2, 0.25) is 0 Å². The summed E-state index contributed by atoms with van der Waals surface area (Å²) in [4.78, 5) is 67.8. The topological polar surface area (TPSA) is 137 Å². The summed E-state index contributed by atoms with van der Waals surface area (Å²) in [5.74, 6) is -1.70. The lowest BCUT2D eigenvalue weighted by atomic mass is 9.80. The highest BCUT2D eigenvalue weighted by Gasteiger charge is 2.58. The van der Waals surface area contributed by atoms with Crippen molar-refractivity contribution in [3.63, 3.8) is 0 Å². The second kappa shape index (κ2) is 11.1. The van der Waals surface area contributed by atoms with Gasteiger partial charge in [0.1, 0.15) is 12.1 Å². The van der Waals surface area contributed by atoms with Gasteiger partial charge in [0.2, 0.25) is 17.6 Å². The predicted octanol–water partition coefficient (Wildman–Crippen LogP) is 2.37. The maximum atomic E-state index is 13.8. The molecule has 2 saturated carbocycles. The van der Waals surface area contributed by atoms with Gasteiger partial charge in [-0.15, -0.1) is 0 Å². The van der Waals surface area contributed by atoms with Gasteiger partial charge in [-0.2, -0.15) is 0 Å². The number of hydrogen-bond donors (Lipinski definition) is 4. The Kier molecular flexibility index (Phi) is 7.70. The van der Waals surface area contributed by atoms with E-state index in [1.165, 1.54) is 0 Å². The van der Waals surface area contributed by atoms with E-state index in [4.69, 9.17) is 0 Å². The molecule has 0 aromatic heterocycles. The first kappa shape index (κ1) is 27.9. The van der Waals surface area contributed by atoms with Crippen molar-refractivity contribution >= 4 is 35.2 Å². The average Bonchev–Trinajstić information content (AvgIpc) is 3.81. The molecular formula is C30H39N5O5. The molecule has 0 spiro atoms. The Balaban J connectivity index is 1.29. The number of nitrogens with zero attached hydrogens (tertiary/aromatic N) is 1. The van der Waals surface area contributed by atoms with Gasteiger partial charge in [-0.3, -0.25) is 19.2 Å². The monoisotopic (exact) mass is 549 g/mol. The molecule has 5 rings (SSSR count). The van der Waals surface area contributed by atoms with Crippen molar-refractivity contribution in [2.45, 2.75) is 77.0 Å². The van der Waals surface area contributed by atoms with Gasteiger partial charge >= 0.3 is 6.03 Å². The van der Waals surface area contributed by atoms with Gasteiger partial charge in [0.05, 0.1) is 12.1 Å². The van der Waals surface area contributed by atoms with Crippen LogP contribution in [-0.4, -0.2) is 65.1 Å². The third-order valence-electron chi connectivity index (χ3n) is 8.45. The van der Waals surface area contributed by atoms with E-state index in [0.29, 0.717) is 18.7 Å². The fourth-order valence-corrected chi connectivity index (χ4v) is 5.74.